The Labute approximate surface area is 95.8 Å². The minimum atomic E-state index is 0.0205. The minimum Gasteiger partial charge on any atom is -0.381 e. The Hall–Kier alpha value is -1.35. The normalized spacial score (nSPS) is 17.0. The van der Waals surface area contributed by atoms with Gasteiger partial charge in [0.2, 0.25) is 0 Å². The Balaban J connectivity index is 1.79. The molecule has 1 heterocycles. The molecular formula is C13H17NO2. The van der Waals surface area contributed by atoms with Crippen molar-refractivity contribution in [3.05, 3.63) is 35.9 Å². The van der Waals surface area contributed by atoms with Crippen molar-refractivity contribution in [2.24, 2.45) is 5.92 Å². The molecule has 1 aromatic rings. The van der Waals surface area contributed by atoms with Crippen molar-refractivity contribution in [3.8, 4) is 0 Å². The van der Waals surface area contributed by atoms with Crippen LogP contribution in [-0.2, 0) is 4.74 Å². The van der Waals surface area contributed by atoms with Crippen LogP contribution < -0.4 is 5.32 Å². The SMILES string of the molecule is O=C(NCC1CCOCC1)c1ccccc1. The fourth-order valence-corrected chi connectivity index (χ4v) is 1.88. The second-order valence-electron chi connectivity index (χ2n) is 4.13. The molecule has 0 saturated carbocycles. The average Bonchev–Trinajstić information content (AvgIpc) is 2.38. The summed E-state index contributed by atoms with van der Waals surface area (Å²) in [5.74, 6) is 0.591. The Kier molecular flexibility index (Phi) is 3.94. The quantitative estimate of drug-likeness (QED) is 0.842. The van der Waals surface area contributed by atoms with Gasteiger partial charge in [0.05, 0.1) is 0 Å². The van der Waals surface area contributed by atoms with Crippen molar-refractivity contribution in [2.75, 3.05) is 19.8 Å². The Morgan fingerprint density at radius 3 is 2.62 bits per heavy atom. The van der Waals surface area contributed by atoms with Gasteiger partial charge in [0.15, 0.2) is 0 Å². The summed E-state index contributed by atoms with van der Waals surface area (Å²) < 4.78 is 5.28. The zero-order valence-electron chi connectivity index (χ0n) is 9.32. The molecule has 1 aliphatic rings. The number of carbonyl (C=O) groups is 1. The molecule has 0 radical (unpaired) electrons. The molecule has 0 spiro atoms. The third-order valence-electron chi connectivity index (χ3n) is 2.93. The van der Waals surface area contributed by atoms with Crippen LogP contribution in [0, 0.1) is 5.92 Å². The van der Waals surface area contributed by atoms with Gasteiger partial charge in [0.25, 0.3) is 5.91 Å². The number of hydrogen-bond acceptors (Lipinski definition) is 2. The first-order valence-corrected chi connectivity index (χ1v) is 5.77. The Morgan fingerprint density at radius 2 is 1.94 bits per heavy atom. The summed E-state index contributed by atoms with van der Waals surface area (Å²) in [7, 11) is 0. The van der Waals surface area contributed by atoms with E-state index in [-0.39, 0.29) is 5.91 Å². The topological polar surface area (TPSA) is 38.3 Å². The van der Waals surface area contributed by atoms with Crippen LogP contribution in [0.3, 0.4) is 0 Å². The van der Waals surface area contributed by atoms with E-state index in [0.29, 0.717) is 5.92 Å². The van der Waals surface area contributed by atoms with Gasteiger partial charge in [-0.1, -0.05) is 18.2 Å². The molecule has 0 aliphatic carbocycles. The maximum Gasteiger partial charge on any atom is 0.251 e. The molecule has 0 bridgehead atoms. The average molecular weight is 219 g/mol. The number of ether oxygens (including phenoxy) is 1. The summed E-state index contributed by atoms with van der Waals surface area (Å²) in [6.07, 6.45) is 2.10. The second kappa shape index (κ2) is 5.66. The van der Waals surface area contributed by atoms with E-state index in [2.05, 4.69) is 5.32 Å². The highest BCUT2D eigenvalue weighted by molar-refractivity contribution is 5.94. The van der Waals surface area contributed by atoms with Crippen LogP contribution >= 0.6 is 0 Å². The van der Waals surface area contributed by atoms with Crippen molar-refractivity contribution in [1.29, 1.82) is 0 Å². The first-order chi connectivity index (χ1) is 7.86. The molecule has 3 nitrogen and oxygen atoms in total. The smallest absolute Gasteiger partial charge is 0.251 e. The molecular weight excluding hydrogens is 202 g/mol. The first-order valence-electron chi connectivity index (χ1n) is 5.77. The molecule has 1 saturated heterocycles. The molecule has 0 unspecified atom stereocenters. The van der Waals surface area contributed by atoms with Crippen molar-refractivity contribution in [1.82, 2.24) is 5.32 Å². The van der Waals surface area contributed by atoms with E-state index < -0.39 is 0 Å². The van der Waals surface area contributed by atoms with Crippen LogP contribution in [0.1, 0.15) is 23.2 Å². The number of benzene rings is 1. The number of rotatable bonds is 3. The van der Waals surface area contributed by atoms with Gasteiger partial charge in [0.1, 0.15) is 0 Å². The van der Waals surface area contributed by atoms with Crippen molar-refractivity contribution < 1.29 is 9.53 Å². The van der Waals surface area contributed by atoms with Crippen LogP contribution in [0.5, 0.6) is 0 Å². The van der Waals surface area contributed by atoms with E-state index in [1.807, 2.05) is 30.3 Å². The van der Waals surface area contributed by atoms with Gasteiger partial charge in [-0.25, -0.2) is 0 Å². The van der Waals surface area contributed by atoms with Gasteiger partial charge >= 0.3 is 0 Å². The van der Waals surface area contributed by atoms with E-state index >= 15 is 0 Å². The van der Waals surface area contributed by atoms with Gasteiger partial charge in [-0.3, -0.25) is 4.79 Å². The lowest BCUT2D eigenvalue weighted by molar-refractivity contribution is 0.0642. The summed E-state index contributed by atoms with van der Waals surface area (Å²) in [6, 6.07) is 9.33. The van der Waals surface area contributed by atoms with Crippen molar-refractivity contribution in [3.63, 3.8) is 0 Å². The van der Waals surface area contributed by atoms with E-state index in [9.17, 15) is 4.79 Å². The first kappa shape index (κ1) is 11.1. The summed E-state index contributed by atoms with van der Waals surface area (Å²) in [4.78, 5) is 11.7. The molecule has 2 rings (SSSR count). The Morgan fingerprint density at radius 1 is 1.25 bits per heavy atom. The molecule has 86 valence electrons. The van der Waals surface area contributed by atoms with Crippen LogP contribution in [-0.4, -0.2) is 25.7 Å². The van der Waals surface area contributed by atoms with Gasteiger partial charge in [0, 0.05) is 25.3 Å². The molecule has 0 aromatic heterocycles. The van der Waals surface area contributed by atoms with E-state index in [1.165, 1.54) is 0 Å². The zero-order chi connectivity index (χ0) is 11.2. The fourth-order valence-electron chi connectivity index (χ4n) is 1.88. The van der Waals surface area contributed by atoms with Crippen LogP contribution in [0.15, 0.2) is 30.3 Å². The lowest BCUT2D eigenvalue weighted by Crippen LogP contribution is -2.32. The molecule has 1 fully saturated rings. The second-order valence-corrected chi connectivity index (χ2v) is 4.13. The molecule has 3 heteroatoms. The lowest BCUT2D eigenvalue weighted by atomic mass is 10.0. The molecule has 1 N–H and O–H groups in total. The number of nitrogens with one attached hydrogen (secondary N) is 1. The van der Waals surface area contributed by atoms with Crippen molar-refractivity contribution in [2.45, 2.75) is 12.8 Å². The molecule has 16 heavy (non-hydrogen) atoms. The summed E-state index contributed by atoms with van der Waals surface area (Å²) in [6.45, 7) is 2.41. The standard InChI is InChI=1S/C13H17NO2/c15-13(12-4-2-1-3-5-12)14-10-11-6-8-16-9-7-11/h1-5,11H,6-10H2,(H,14,15). The molecule has 0 atom stereocenters. The monoisotopic (exact) mass is 219 g/mol. The van der Waals surface area contributed by atoms with Crippen molar-refractivity contribution >= 4 is 5.91 Å². The van der Waals surface area contributed by atoms with Gasteiger partial charge in [-0.05, 0) is 30.9 Å². The third kappa shape index (κ3) is 3.07. The summed E-state index contributed by atoms with van der Waals surface area (Å²) >= 11 is 0. The van der Waals surface area contributed by atoms with Crippen LogP contribution in [0.2, 0.25) is 0 Å². The van der Waals surface area contributed by atoms with E-state index in [4.69, 9.17) is 4.74 Å². The number of amides is 1. The van der Waals surface area contributed by atoms with E-state index in [0.717, 1.165) is 38.2 Å². The number of carbonyl (C=O) groups excluding carboxylic acids is 1. The zero-order valence-corrected chi connectivity index (χ0v) is 9.32. The Bertz CT molecular complexity index is 331. The lowest BCUT2D eigenvalue weighted by Gasteiger charge is -2.22. The predicted molar refractivity (Wildman–Crippen MR) is 62.3 cm³/mol. The van der Waals surface area contributed by atoms with Gasteiger partial charge in [-0.2, -0.15) is 0 Å². The number of hydrogen-bond donors (Lipinski definition) is 1. The fraction of sp³-hybridized carbons (Fsp3) is 0.462. The third-order valence-corrected chi connectivity index (χ3v) is 2.93. The maximum absolute atomic E-state index is 11.7. The minimum absolute atomic E-state index is 0.0205. The van der Waals surface area contributed by atoms with Crippen LogP contribution in [0.25, 0.3) is 0 Å². The summed E-state index contributed by atoms with van der Waals surface area (Å²) in [5.41, 5.74) is 0.731. The van der Waals surface area contributed by atoms with Gasteiger partial charge < -0.3 is 10.1 Å². The maximum atomic E-state index is 11.7. The molecule has 1 amide bonds. The van der Waals surface area contributed by atoms with Crippen LogP contribution in [0.4, 0.5) is 0 Å². The highest BCUT2D eigenvalue weighted by Gasteiger charge is 2.14. The highest BCUT2D eigenvalue weighted by atomic mass is 16.5. The predicted octanol–water partition coefficient (Wildman–Crippen LogP) is 1.84. The molecule has 1 aromatic carbocycles. The molecule has 1 aliphatic heterocycles. The largest absolute Gasteiger partial charge is 0.381 e. The van der Waals surface area contributed by atoms with E-state index in [1.54, 1.807) is 0 Å². The highest BCUT2D eigenvalue weighted by Crippen LogP contribution is 2.13. The van der Waals surface area contributed by atoms with Gasteiger partial charge in [-0.15, -0.1) is 0 Å². The summed E-state index contributed by atoms with van der Waals surface area (Å²) in [5, 5.41) is 2.97.